The van der Waals surface area contributed by atoms with E-state index >= 15 is 0 Å². The van der Waals surface area contributed by atoms with Crippen molar-refractivity contribution in [1.82, 2.24) is 5.32 Å². The van der Waals surface area contributed by atoms with E-state index in [1.807, 2.05) is 18.2 Å². The Balaban J connectivity index is 2.11. The van der Waals surface area contributed by atoms with Crippen molar-refractivity contribution in [2.45, 2.75) is 37.1 Å². The summed E-state index contributed by atoms with van der Waals surface area (Å²) in [4.78, 5) is 0. The average molecular weight is 282 g/mol. The summed E-state index contributed by atoms with van der Waals surface area (Å²) in [5, 5.41) is 3.36. The van der Waals surface area contributed by atoms with Crippen molar-refractivity contribution >= 4 is 9.84 Å². The fourth-order valence-corrected chi connectivity index (χ4v) is 2.71. The van der Waals surface area contributed by atoms with Gasteiger partial charge in [0.05, 0.1) is 4.75 Å². The van der Waals surface area contributed by atoms with Crippen molar-refractivity contribution in [2.24, 2.45) is 5.73 Å². The molecular formula is C14H22N2O2S. The van der Waals surface area contributed by atoms with Crippen molar-refractivity contribution in [1.29, 1.82) is 0 Å². The van der Waals surface area contributed by atoms with Crippen LogP contribution in [0.4, 0.5) is 0 Å². The zero-order valence-electron chi connectivity index (χ0n) is 11.7. The molecule has 19 heavy (non-hydrogen) atoms. The van der Waals surface area contributed by atoms with Crippen LogP contribution in [-0.2, 0) is 9.84 Å². The fourth-order valence-electron chi connectivity index (χ4n) is 2.37. The van der Waals surface area contributed by atoms with Gasteiger partial charge in [-0.1, -0.05) is 24.3 Å². The highest BCUT2D eigenvalue weighted by molar-refractivity contribution is 7.92. The molecule has 0 bridgehead atoms. The van der Waals surface area contributed by atoms with Gasteiger partial charge < -0.3 is 11.1 Å². The molecule has 0 fully saturated rings. The van der Waals surface area contributed by atoms with E-state index in [1.54, 1.807) is 13.8 Å². The van der Waals surface area contributed by atoms with Gasteiger partial charge in [-0.2, -0.15) is 0 Å². The maximum atomic E-state index is 11.7. The molecule has 0 aromatic heterocycles. The molecule has 2 rings (SSSR count). The van der Waals surface area contributed by atoms with E-state index in [4.69, 9.17) is 5.73 Å². The van der Waals surface area contributed by atoms with E-state index in [-0.39, 0.29) is 12.1 Å². The molecule has 0 amide bonds. The molecule has 0 saturated carbocycles. The van der Waals surface area contributed by atoms with Crippen molar-refractivity contribution in [3.8, 4) is 0 Å². The maximum absolute atomic E-state index is 11.7. The van der Waals surface area contributed by atoms with Gasteiger partial charge in [-0.25, -0.2) is 8.42 Å². The van der Waals surface area contributed by atoms with E-state index in [9.17, 15) is 8.42 Å². The van der Waals surface area contributed by atoms with Crippen LogP contribution in [0.5, 0.6) is 0 Å². The molecule has 0 aliphatic heterocycles. The summed E-state index contributed by atoms with van der Waals surface area (Å²) in [6, 6.07) is 8.27. The first-order chi connectivity index (χ1) is 8.72. The van der Waals surface area contributed by atoms with Gasteiger partial charge in [0.25, 0.3) is 0 Å². The minimum Gasteiger partial charge on any atom is -0.324 e. The smallest absolute Gasteiger partial charge is 0.153 e. The van der Waals surface area contributed by atoms with Gasteiger partial charge >= 0.3 is 0 Å². The first-order valence-corrected chi connectivity index (χ1v) is 8.39. The molecule has 0 heterocycles. The number of nitrogens with two attached hydrogens (primary N) is 1. The first kappa shape index (κ1) is 14.5. The number of fused-ring (bicyclic) bond motifs is 1. The lowest BCUT2D eigenvalue weighted by molar-refractivity contribution is 0.455. The van der Waals surface area contributed by atoms with Crippen LogP contribution >= 0.6 is 0 Å². The third kappa shape index (κ3) is 2.83. The second-order valence-electron chi connectivity index (χ2n) is 5.94. The number of nitrogens with one attached hydrogen (secondary N) is 1. The summed E-state index contributed by atoms with van der Waals surface area (Å²) in [7, 11) is -3.08. The Bertz CT molecular complexity index is 567. The lowest BCUT2D eigenvalue weighted by Gasteiger charge is -2.25. The predicted molar refractivity (Wildman–Crippen MR) is 77.7 cm³/mol. The van der Waals surface area contributed by atoms with Gasteiger partial charge in [-0.15, -0.1) is 0 Å². The van der Waals surface area contributed by atoms with Gasteiger partial charge in [0.2, 0.25) is 0 Å². The zero-order chi connectivity index (χ0) is 14.3. The average Bonchev–Trinajstić information content (AvgIpc) is 2.63. The molecule has 5 heteroatoms. The van der Waals surface area contributed by atoms with E-state index in [2.05, 4.69) is 11.4 Å². The van der Waals surface area contributed by atoms with Crippen LogP contribution in [0.3, 0.4) is 0 Å². The molecule has 2 unspecified atom stereocenters. The number of benzene rings is 1. The summed E-state index contributed by atoms with van der Waals surface area (Å²) < 4.78 is 22.6. The van der Waals surface area contributed by atoms with Crippen LogP contribution in [0, 0.1) is 0 Å². The fraction of sp³-hybridized carbons (Fsp3) is 0.571. The summed E-state index contributed by atoms with van der Waals surface area (Å²) in [5.74, 6) is 0. The standard InChI is InChI=1S/C14H22N2O2S/c1-14(2,19(3,17)18)9-16-13-8-12(15)10-6-4-5-7-11(10)13/h4-7,12-13,16H,8-9,15H2,1-3H3. The highest BCUT2D eigenvalue weighted by Gasteiger charge is 2.33. The Hall–Kier alpha value is -0.910. The highest BCUT2D eigenvalue weighted by atomic mass is 32.2. The van der Waals surface area contributed by atoms with Gasteiger partial charge in [0, 0.05) is 24.9 Å². The van der Waals surface area contributed by atoms with E-state index in [1.165, 1.54) is 11.8 Å². The second-order valence-corrected chi connectivity index (χ2v) is 8.59. The number of sulfone groups is 1. The monoisotopic (exact) mass is 282 g/mol. The Kier molecular flexibility index (Phi) is 3.73. The summed E-state index contributed by atoms with van der Waals surface area (Å²) >= 11 is 0. The normalized spacial score (nSPS) is 23.4. The van der Waals surface area contributed by atoms with Crippen LogP contribution in [0.25, 0.3) is 0 Å². The molecular weight excluding hydrogens is 260 g/mol. The molecule has 1 aromatic carbocycles. The minimum atomic E-state index is -3.08. The maximum Gasteiger partial charge on any atom is 0.153 e. The number of hydrogen-bond acceptors (Lipinski definition) is 4. The summed E-state index contributed by atoms with van der Waals surface area (Å²) in [5.41, 5.74) is 8.46. The molecule has 0 saturated heterocycles. The van der Waals surface area contributed by atoms with Gasteiger partial charge in [0.15, 0.2) is 9.84 Å². The van der Waals surface area contributed by atoms with Gasteiger partial charge in [0.1, 0.15) is 0 Å². The minimum absolute atomic E-state index is 0.0371. The molecule has 0 spiro atoms. The molecule has 1 aliphatic carbocycles. The van der Waals surface area contributed by atoms with Crippen molar-refractivity contribution in [3.05, 3.63) is 35.4 Å². The Labute approximate surface area is 115 Å². The van der Waals surface area contributed by atoms with Crippen LogP contribution in [-0.4, -0.2) is 26.0 Å². The molecule has 4 nitrogen and oxygen atoms in total. The topological polar surface area (TPSA) is 72.2 Å². The SMILES string of the molecule is CC(C)(CNC1CC(N)c2ccccc21)S(C)(=O)=O. The zero-order valence-corrected chi connectivity index (χ0v) is 12.5. The van der Waals surface area contributed by atoms with E-state index < -0.39 is 14.6 Å². The lowest BCUT2D eigenvalue weighted by atomic mass is 10.1. The summed E-state index contributed by atoms with van der Waals surface area (Å²) in [6.07, 6.45) is 2.10. The van der Waals surface area contributed by atoms with Crippen LogP contribution < -0.4 is 11.1 Å². The number of rotatable bonds is 4. The summed E-state index contributed by atoms with van der Waals surface area (Å²) in [6.45, 7) is 3.92. The van der Waals surface area contributed by atoms with Crippen molar-refractivity contribution < 1.29 is 8.42 Å². The quantitative estimate of drug-likeness (QED) is 0.879. The van der Waals surface area contributed by atoms with Crippen molar-refractivity contribution in [2.75, 3.05) is 12.8 Å². The van der Waals surface area contributed by atoms with Gasteiger partial charge in [-0.05, 0) is 31.4 Å². The highest BCUT2D eigenvalue weighted by Crippen LogP contribution is 2.37. The number of hydrogen-bond donors (Lipinski definition) is 2. The first-order valence-electron chi connectivity index (χ1n) is 6.50. The molecule has 2 atom stereocenters. The molecule has 0 radical (unpaired) electrons. The molecule has 3 N–H and O–H groups in total. The van der Waals surface area contributed by atoms with Crippen LogP contribution in [0.1, 0.15) is 43.5 Å². The Morgan fingerprint density at radius 1 is 1.32 bits per heavy atom. The van der Waals surface area contributed by atoms with Crippen LogP contribution in [0.2, 0.25) is 0 Å². The largest absolute Gasteiger partial charge is 0.324 e. The van der Waals surface area contributed by atoms with E-state index in [0.717, 1.165) is 12.0 Å². The molecule has 106 valence electrons. The van der Waals surface area contributed by atoms with Gasteiger partial charge in [-0.3, -0.25) is 0 Å². The second kappa shape index (κ2) is 4.89. The lowest BCUT2D eigenvalue weighted by Crippen LogP contribution is -2.42. The van der Waals surface area contributed by atoms with Crippen molar-refractivity contribution in [3.63, 3.8) is 0 Å². The Morgan fingerprint density at radius 3 is 2.47 bits per heavy atom. The molecule has 1 aromatic rings. The van der Waals surface area contributed by atoms with Crippen LogP contribution in [0.15, 0.2) is 24.3 Å². The van der Waals surface area contributed by atoms with E-state index in [0.29, 0.717) is 6.54 Å². The Morgan fingerprint density at radius 2 is 1.89 bits per heavy atom. The molecule has 1 aliphatic rings. The third-order valence-corrected chi connectivity index (χ3v) is 6.19. The predicted octanol–water partition coefficient (Wildman–Crippen LogP) is 1.54. The third-order valence-electron chi connectivity index (χ3n) is 4.04.